The molecule has 0 radical (unpaired) electrons. The van der Waals surface area contributed by atoms with Gasteiger partial charge in [0, 0.05) is 26.2 Å². The summed E-state index contributed by atoms with van der Waals surface area (Å²) in [6.45, 7) is 6.29. The lowest BCUT2D eigenvalue weighted by molar-refractivity contribution is 0.0168. The largest absolute Gasteiger partial charge is 0.378 e. The number of nitrogens with zero attached hydrogens (tertiary/aromatic N) is 1. The van der Waals surface area contributed by atoms with Crippen LogP contribution in [0.25, 0.3) is 6.08 Å². The molecule has 1 aromatic carbocycles. The first kappa shape index (κ1) is 13.3. The van der Waals surface area contributed by atoms with Gasteiger partial charge in [0.25, 0.3) is 0 Å². The van der Waals surface area contributed by atoms with E-state index in [9.17, 15) is 0 Å². The van der Waals surface area contributed by atoms with Crippen LogP contribution in [0.2, 0.25) is 0 Å². The first-order chi connectivity index (χ1) is 8.88. The smallest absolute Gasteiger partial charge is 0.0599 e. The van der Waals surface area contributed by atoms with Crippen molar-refractivity contribution < 1.29 is 4.74 Å². The Morgan fingerprint density at radius 3 is 2.61 bits per heavy atom. The van der Waals surface area contributed by atoms with Crippen molar-refractivity contribution in [3.8, 4) is 0 Å². The molecular weight excluding hydrogens is 222 g/mol. The summed E-state index contributed by atoms with van der Waals surface area (Å²) in [6.07, 6.45) is 7.30. The predicted molar refractivity (Wildman–Crippen MR) is 76.6 cm³/mol. The molecule has 1 saturated heterocycles. The highest BCUT2D eigenvalue weighted by atomic mass is 16.5. The van der Waals surface area contributed by atoms with Gasteiger partial charge in [0.15, 0.2) is 0 Å². The van der Waals surface area contributed by atoms with E-state index in [4.69, 9.17) is 4.74 Å². The summed E-state index contributed by atoms with van der Waals surface area (Å²) in [7, 11) is 0. The lowest BCUT2D eigenvalue weighted by Gasteiger charge is -2.30. The van der Waals surface area contributed by atoms with E-state index in [0.29, 0.717) is 6.10 Å². The van der Waals surface area contributed by atoms with E-state index in [1.165, 1.54) is 18.4 Å². The minimum atomic E-state index is 0.490. The van der Waals surface area contributed by atoms with E-state index in [1.54, 1.807) is 0 Å². The molecule has 2 heteroatoms. The highest BCUT2D eigenvalue weighted by molar-refractivity contribution is 5.48. The van der Waals surface area contributed by atoms with Crippen molar-refractivity contribution >= 4 is 6.08 Å². The average molecular weight is 245 g/mol. The summed E-state index contributed by atoms with van der Waals surface area (Å²) in [6, 6.07) is 10.5. The molecule has 1 aliphatic heterocycles. The van der Waals surface area contributed by atoms with Gasteiger partial charge >= 0.3 is 0 Å². The van der Waals surface area contributed by atoms with E-state index in [1.807, 2.05) is 0 Å². The molecule has 0 amide bonds. The van der Waals surface area contributed by atoms with Crippen LogP contribution in [0.15, 0.2) is 36.4 Å². The maximum Gasteiger partial charge on any atom is 0.0599 e. The van der Waals surface area contributed by atoms with Gasteiger partial charge in [-0.05, 0) is 25.3 Å². The van der Waals surface area contributed by atoms with Crippen LogP contribution in [0.3, 0.4) is 0 Å². The summed E-state index contributed by atoms with van der Waals surface area (Å²) >= 11 is 0. The zero-order valence-corrected chi connectivity index (χ0v) is 11.2. The van der Waals surface area contributed by atoms with Crippen LogP contribution in [0, 0.1) is 0 Å². The number of likely N-dealkylation sites (tertiary alicyclic amines) is 1. The number of hydrogen-bond donors (Lipinski definition) is 0. The molecule has 0 spiro atoms. The van der Waals surface area contributed by atoms with Crippen molar-refractivity contribution in [3.05, 3.63) is 42.0 Å². The number of benzene rings is 1. The topological polar surface area (TPSA) is 12.5 Å². The van der Waals surface area contributed by atoms with Gasteiger partial charge in [0.05, 0.1) is 6.10 Å². The highest BCUT2D eigenvalue weighted by Gasteiger charge is 2.17. The molecule has 0 atom stereocenters. The highest BCUT2D eigenvalue weighted by Crippen LogP contribution is 2.13. The molecule has 1 aromatic rings. The summed E-state index contributed by atoms with van der Waals surface area (Å²) in [5, 5.41) is 0. The third kappa shape index (κ3) is 4.28. The fourth-order valence-corrected chi connectivity index (χ4v) is 2.40. The number of hydrogen-bond acceptors (Lipinski definition) is 2. The number of ether oxygens (including phenoxy) is 1. The second-order valence-electron chi connectivity index (χ2n) is 4.77. The lowest BCUT2D eigenvalue weighted by Crippen LogP contribution is -2.37. The molecule has 98 valence electrons. The Kier molecular flexibility index (Phi) is 5.43. The van der Waals surface area contributed by atoms with Gasteiger partial charge < -0.3 is 4.74 Å². The normalized spacial score (nSPS) is 18.5. The molecule has 0 aliphatic carbocycles. The maximum atomic E-state index is 5.66. The van der Waals surface area contributed by atoms with E-state index in [-0.39, 0.29) is 0 Å². The van der Waals surface area contributed by atoms with Gasteiger partial charge in [-0.3, -0.25) is 4.90 Å². The van der Waals surface area contributed by atoms with Crippen LogP contribution in [0.5, 0.6) is 0 Å². The van der Waals surface area contributed by atoms with Crippen LogP contribution < -0.4 is 0 Å². The Morgan fingerprint density at radius 2 is 1.94 bits per heavy atom. The Hall–Kier alpha value is -1.12. The monoisotopic (exact) mass is 245 g/mol. The second kappa shape index (κ2) is 7.34. The van der Waals surface area contributed by atoms with Gasteiger partial charge in [0.2, 0.25) is 0 Å². The quantitative estimate of drug-likeness (QED) is 0.790. The second-order valence-corrected chi connectivity index (χ2v) is 4.77. The standard InChI is InChI=1S/C16H23NO/c1-2-18-16-10-13-17(14-11-16)12-6-9-15-7-4-3-5-8-15/h3-9,16H,2,10-14H2,1H3/b9-6+. The van der Waals surface area contributed by atoms with Gasteiger partial charge in [-0.15, -0.1) is 0 Å². The van der Waals surface area contributed by atoms with Crippen molar-refractivity contribution in [2.75, 3.05) is 26.2 Å². The Morgan fingerprint density at radius 1 is 1.22 bits per heavy atom. The summed E-state index contributed by atoms with van der Waals surface area (Å²) in [5.74, 6) is 0. The number of rotatable bonds is 5. The van der Waals surface area contributed by atoms with Gasteiger partial charge in [-0.25, -0.2) is 0 Å². The van der Waals surface area contributed by atoms with E-state index in [2.05, 4.69) is 54.3 Å². The predicted octanol–water partition coefficient (Wildman–Crippen LogP) is 3.20. The van der Waals surface area contributed by atoms with Gasteiger partial charge in [-0.2, -0.15) is 0 Å². The van der Waals surface area contributed by atoms with Crippen LogP contribution in [-0.4, -0.2) is 37.2 Å². The minimum Gasteiger partial charge on any atom is -0.378 e. The summed E-state index contributed by atoms with van der Waals surface area (Å²) in [4.78, 5) is 2.50. The molecule has 18 heavy (non-hydrogen) atoms. The van der Waals surface area contributed by atoms with Gasteiger partial charge in [0.1, 0.15) is 0 Å². The van der Waals surface area contributed by atoms with Crippen molar-refractivity contribution in [2.45, 2.75) is 25.9 Å². The molecule has 1 aliphatic rings. The van der Waals surface area contributed by atoms with E-state index >= 15 is 0 Å². The Labute approximate surface area is 110 Å². The Bertz CT molecular complexity index is 353. The molecule has 0 N–H and O–H groups in total. The van der Waals surface area contributed by atoms with Crippen molar-refractivity contribution in [1.29, 1.82) is 0 Å². The number of piperidine rings is 1. The van der Waals surface area contributed by atoms with E-state index < -0.39 is 0 Å². The SMILES string of the molecule is CCOC1CCN(C/C=C/c2ccccc2)CC1. The first-order valence-corrected chi connectivity index (χ1v) is 6.94. The van der Waals surface area contributed by atoms with Gasteiger partial charge in [-0.1, -0.05) is 42.5 Å². The molecule has 2 rings (SSSR count). The molecule has 1 heterocycles. The molecule has 0 saturated carbocycles. The molecular formula is C16H23NO. The third-order valence-corrected chi connectivity index (χ3v) is 3.41. The van der Waals surface area contributed by atoms with Crippen LogP contribution in [0.4, 0.5) is 0 Å². The summed E-state index contributed by atoms with van der Waals surface area (Å²) < 4.78 is 5.66. The van der Waals surface area contributed by atoms with Crippen LogP contribution in [0.1, 0.15) is 25.3 Å². The summed E-state index contributed by atoms with van der Waals surface area (Å²) in [5.41, 5.74) is 1.28. The first-order valence-electron chi connectivity index (χ1n) is 6.94. The molecule has 1 fully saturated rings. The molecule has 0 bridgehead atoms. The molecule has 0 unspecified atom stereocenters. The fraction of sp³-hybridized carbons (Fsp3) is 0.500. The Balaban J connectivity index is 1.71. The third-order valence-electron chi connectivity index (χ3n) is 3.41. The van der Waals surface area contributed by atoms with Crippen LogP contribution in [-0.2, 0) is 4.74 Å². The fourth-order valence-electron chi connectivity index (χ4n) is 2.40. The molecule has 2 nitrogen and oxygen atoms in total. The van der Waals surface area contributed by atoms with Crippen LogP contribution >= 0.6 is 0 Å². The van der Waals surface area contributed by atoms with E-state index in [0.717, 1.165) is 26.2 Å². The maximum absolute atomic E-state index is 5.66. The lowest BCUT2D eigenvalue weighted by atomic mass is 10.1. The van der Waals surface area contributed by atoms with Crippen molar-refractivity contribution in [3.63, 3.8) is 0 Å². The zero-order valence-electron chi connectivity index (χ0n) is 11.2. The van der Waals surface area contributed by atoms with Crippen molar-refractivity contribution in [2.24, 2.45) is 0 Å². The minimum absolute atomic E-state index is 0.490. The molecule has 0 aromatic heterocycles. The van der Waals surface area contributed by atoms with Crippen molar-refractivity contribution in [1.82, 2.24) is 4.90 Å². The average Bonchev–Trinajstić information content (AvgIpc) is 2.42. The zero-order chi connectivity index (χ0) is 12.6.